The second kappa shape index (κ2) is 6.05. The van der Waals surface area contributed by atoms with Crippen LogP contribution in [0.25, 0.3) is 5.65 Å². The molecule has 4 rings (SSSR count). The van der Waals surface area contributed by atoms with Crippen molar-refractivity contribution in [3.8, 4) is 0 Å². The Bertz CT molecular complexity index is 858. The number of fused-ring (bicyclic) bond motifs is 1. The van der Waals surface area contributed by atoms with Gasteiger partial charge in [-0.25, -0.2) is 9.37 Å². The van der Waals surface area contributed by atoms with Crippen LogP contribution in [-0.2, 0) is 11.3 Å². The van der Waals surface area contributed by atoms with Crippen LogP contribution in [0.15, 0.2) is 54.9 Å². The standard InChI is InChI=1S/C18H17FN4O/c19-15-6-2-1-5-14(15)17-18(24)20-8-10-23(17)12-13-11-22-9-4-3-7-16(22)21-13/h1-7,9,11,17H,8,10,12H2,(H,20,24). The zero-order chi connectivity index (χ0) is 16.5. The van der Waals surface area contributed by atoms with Gasteiger partial charge in [-0.05, 0) is 18.2 Å². The van der Waals surface area contributed by atoms with Crippen molar-refractivity contribution in [2.75, 3.05) is 13.1 Å². The number of imidazole rings is 1. The van der Waals surface area contributed by atoms with Crippen LogP contribution in [-0.4, -0.2) is 33.3 Å². The summed E-state index contributed by atoms with van der Waals surface area (Å²) in [5.41, 5.74) is 2.12. The molecule has 1 aromatic carbocycles. The van der Waals surface area contributed by atoms with Gasteiger partial charge in [-0.1, -0.05) is 24.3 Å². The van der Waals surface area contributed by atoms with Crippen LogP contribution >= 0.6 is 0 Å². The van der Waals surface area contributed by atoms with Gasteiger partial charge < -0.3 is 9.72 Å². The summed E-state index contributed by atoms with van der Waals surface area (Å²) in [6, 6.07) is 11.6. The van der Waals surface area contributed by atoms with Crippen molar-refractivity contribution in [2.45, 2.75) is 12.6 Å². The molecule has 1 aliphatic rings. The van der Waals surface area contributed by atoms with Gasteiger partial charge in [0, 0.05) is 37.6 Å². The predicted molar refractivity (Wildman–Crippen MR) is 87.8 cm³/mol. The van der Waals surface area contributed by atoms with E-state index in [1.54, 1.807) is 18.2 Å². The van der Waals surface area contributed by atoms with E-state index in [0.717, 1.165) is 11.3 Å². The summed E-state index contributed by atoms with van der Waals surface area (Å²) in [5, 5.41) is 2.83. The molecule has 2 aromatic heterocycles. The third kappa shape index (κ3) is 2.65. The van der Waals surface area contributed by atoms with Crippen molar-refractivity contribution in [3.05, 3.63) is 71.9 Å². The summed E-state index contributed by atoms with van der Waals surface area (Å²) >= 11 is 0. The number of aromatic nitrogens is 2. The lowest BCUT2D eigenvalue weighted by atomic mass is 10.0. The van der Waals surface area contributed by atoms with Gasteiger partial charge in [-0.2, -0.15) is 0 Å². The summed E-state index contributed by atoms with van der Waals surface area (Å²) in [4.78, 5) is 18.9. The first-order valence-corrected chi connectivity index (χ1v) is 7.91. The number of hydrogen-bond acceptors (Lipinski definition) is 3. The molecule has 1 atom stereocenters. The highest BCUT2D eigenvalue weighted by atomic mass is 19.1. The van der Waals surface area contributed by atoms with Gasteiger partial charge in [0.1, 0.15) is 17.5 Å². The molecule has 0 aliphatic carbocycles. The number of benzene rings is 1. The highest BCUT2D eigenvalue weighted by Gasteiger charge is 2.33. The van der Waals surface area contributed by atoms with E-state index in [-0.39, 0.29) is 11.7 Å². The van der Waals surface area contributed by atoms with Crippen LogP contribution in [0.5, 0.6) is 0 Å². The normalized spacial score (nSPS) is 18.7. The quantitative estimate of drug-likeness (QED) is 0.803. The van der Waals surface area contributed by atoms with Gasteiger partial charge in [0.2, 0.25) is 5.91 Å². The van der Waals surface area contributed by atoms with Crippen molar-refractivity contribution in [2.24, 2.45) is 0 Å². The van der Waals surface area contributed by atoms with E-state index in [4.69, 9.17) is 0 Å². The molecule has 6 heteroatoms. The van der Waals surface area contributed by atoms with Crippen LogP contribution < -0.4 is 5.32 Å². The molecule has 1 N–H and O–H groups in total. The topological polar surface area (TPSA) is 49.6 Å². The van der Waals surface area contributed by atoms with Crippen molar-refractivity contribution in [1.82, 2.24) is 19.6 Å². The van der Waals surface area contributed by atoms with Crippen LogP contribution in [0.2, 0.25) is 0 Å². The van der Waals surface area contributed by atoms with Gasteiger partial charge in [0.25, 0.3) is 0 Å². The highest BCUT2D eigenvalue weighted by Crippen LogP contribution is 2.27. The Balaban J connectivity index is 1.66. The summed E-state index contributed by atoms with van der Waals surface area (Å²) in [6.07, 6.45) is 3.88. The number of rotatable bonds is 3. The lowest BCUT2D eigenvalue weighted by Gasteiger charge is -2.34. The maximum absolute atomic E-state index is 14.2. The van der Waals surface area contributed by atoms with Gasteiger partial charge in [0.05, 0.1) is 5.69 Å². The molecule has 122 valence electrons. The molecule has 3 aromatic rings. The molecule has 3 heterocycles. The molecular weight excluding hydrogens is 307 g/mol. The Hall–Kier alpha value is -2.73. The predicted octanol–water partition coefficient (Wildman–Crippen LogP) is 2.15. The number of pyridine rings is 1. The molecule has 0 bridgehead atoms. The number of carbonyl (C=O) groups is 1. The first kappa shape index (κ1) is 14.8. The average molecular weight is 324 g/mol. The fourth-order valence-electron chi connectivity index (χ4n) is 3.19. The zero-order valence-corrected chi connectivity index (χ0v) is 13.0. The van der Waals surface area contributed by atoms with Crippen LogP contribution in [0.4, 0.5) is 4.39 Å². The van der Waals surface area contributed by atoms with Gasteiger partial charge in [0.15, 0.2) is 0 Å². The van der Waals surface area contributed by atoms with Gasteiger partial charge >= 0.3 is 0 Å². The molecular formula is C18H17FN4O. The number of hydrogen-bond donors (Lipinski definition) is 1. The Kier molecular flexibility index (Phi) is 3.74. The molecule has 0 radical (unpaired) electrons. The molecule has 1 saturated heterocycles. The summed E-state index contributed by atoms with van der Waals surface area (Å²) in [7, 11) is 0. The SMILES string of the molecule is O=C1NCCN(Cc2cn3ccccc3n2)C1c1ccccc1F. The Morgan fingerprint density at radius 2 is 2.04 bits per heavy atom. The van der Waals surface area contributed by atoms with E-state index >= 15 is 0 Å². The molecule has 0 saturated carbocycles. The molecule has 1 aliphatic heterocycles. The highest BCUT2D eigenvalue weighted by molar-refractivity contribution is 5.84. The number of carbonyl (C=O) groups excluding carboxylic acids is 1. The minimum Gasteiger partial charge on any atom is -0.353 e. The summed E-state index contributed by atoms with van der Waals surface area (Å²) in [5.74, 6) is -0.533. The van der Waals surface area contributed by atoms with Crippen molar-refractivity contribution in [3.63, 3.8) is 0 Å². The number of piperazine rings is 1. The molecule has 1 fully saturated rings. The second-order valence-corrected chi connectivity index (χ2v) is 5.88. The molecule has 1 unspecified atom stereocenters. The minimum absolute atomic E-state index is 0.171. The van der Waals surface area contributed by atoms with E-state index in [1.165, 1.54) is 6.07 Å². The summed E-state index contributed by atoms with van der Waals surface area (Å²) < 4.78 is 16.1. The van der Waals surface area contributed by atoms with E-state index in [2.05, 4.69) is 10.3 Å². The second-order valence-electron chi connectivity index (χ2n) is 5.88. The van der Waals surface area contributed by atoms with E-state index in [0.29, 0.717) is 25.2 Å². The van der Waals surface area contributed by atoms with Crippen LogP contribution in [0.1, 0.15) is 17.3 Å². The minimum atomic E-state index is -0.634. The molecule has 0 spiro atoms. The van der Waals surface area contributed by atoms with E-state index < -0.39 is 6.04 Å². The average Bonchev–Trinajstić information content (AvgIpc) is 2.98. The first-order valence-electron chi connectivity index (χ1n) is 7.91. The largest absolute Gasteiger partial charge is 0.353 e. The lowest BCUT2D eigenvalue weighted by Crippen LogP contribution is -2.49. The number of halogens is 1. The number of nitrogens with one attached hydrogen (secondary N) is 1. The van der Waals surface area contributed by atoms with Crippen LogP contribution in [0, 0.1) is 5.82 Å². The summed E-state index contributed by atoms with van der Waals surface area (Å²) in [6.45, 7) is 1.70. The number of nitrogens with zero attached hydrogens (tertiary/aromatic N) is 3. The first-order chi connectivity index (χ1) is 11.7. The Morgan fingerprint density at radius 1 is 1.21 bits per heavy atom. The number of amides is 1. The molecule has 1 amide bonds. The maximum Gasteiger partial charge on any atom is 0.242 e. The van der Waals surface area contributed by atoms with Crippen LogP contribution in [0.3, 0.4) is 0 Å². The smallest absolute Gasteiger partial charge is 0.242 e. The Morgan fingerprint density at radius 3 is 2.88 bits per heavy atom. The maximum atomic E-state index is 14.2. The fraction of sp³-hybridized carbons (Fsp3) is 0.222. The zero-order valence-electron chi connectivity index (χ0n) is 13.0. The fourth-order valence-corrected chi connectivity index (χ4v) is 3.19. The van der Waals surface area contributed by atoms with E-state index in [1.807, 2.05) is 39.9 Å². The monoisotopic (exact) mass is 324 g/mol. The molecule has 5 nitrogen and oxygen atoms in total. The third-order valence-corrected chi connectivity index (χ3v) is 4.29. The van der Waals surface area contributed by atoms with Crippen molar-refractivity contribution >= 4 is 11.6 Å². The third-order valence-electron chi connectivity index (χ3n) is 4.29. The molecule has 24 heavy (non-hydrogen) atoms. The van der Waals surface area contributed by atoms with E-state index in [9.17, 15) is 9.18 Å². The Labute approximate surface area is 138 Å². The van der Waals surface area contributed by atoms with Crippen molar-refractivity contribution < 1.29 is 9.18 Å². The lowest BCUT2D eigenvalue weighted by molar-refractivity contribution is -0.129. The van der Waals surface area contributed by atoms with Crippen molar-refractivity contribution in [1.29, 1.82) is 0 Å². The van der Waals surface area contributed by atoms with Gasteiger partial charge in [-0.15, -0.1) is 0 Å². The van der Waals surface area contributed by atoms with Gasteiger partial charge in [-0.3, -0.25) is 9.69 Å².